The van der Waals surface area contributed by atoms with Gasteiger partial charge in [0.05, 0.1) is 7.11 Å². The van der Waals surface area contributed by atoms with Gasteiger partial charge in [0.25, 0.3) is 5.91 Å². The van der Waals surface area contributed by atoms with Crippen LogP contribution in [0.4, 0.5) is 0 Å². The zero-order valence-corrected chi connectivity index (χ0v) is 16.7. The quantitative estimate of drug-likeness (QED) is 0.767. The number of carbonyl (C=O) groups excluding carboxylic acids is 2. The highest BCUT2D eigenvalue weighted by molar-refractivity contribution is 7.14. The number of para-hydroxylation sites is 1. The smallest absolute Gasteiger partial charge is 0.349 e. The van der Waals surface area contributed by atoms with E-state index in [-0.39, 0.29) is 5.91 Å². The van der Waals surface area contributed by atoms with E-state index in [1.165, 1.54) is 21.8 Å². The molecule has 1 aromatic heterocycles. The highest BCUT2D eigenvalue weighted by Gasteiger charge is 2.24. The number of methoxy groups -OCH3 is 1. The molecular weight excluding hydrogens is 362 g/mol. The molecule has 27 heavy (non-hydrogen) atoms. The van der Waals surface area contributed by atoms with E-state index in [9.17, 15) is 9.59 Å². The maximum Gasteiger partial charge on any atom is 0.349 e. The second-order valence-corrected chi connectivity index (χ2v) is 8.12. The van der Waals surface area contributed by atoms with Crippen molar-refractivity contribution in [1.82, 2.24) is 5.32 Å². The fraction of sp³-hybridized carbons (Fsp3) is 0.429. The molecule has 0 bridgehead atoms. The van der Waals surface area contributed by atoms with Gasteiger partial charge in [-0.25, -0.2) is 4.79 Å². The highest BCUT2D eigenvalue weighted by atomic mass is 32.1. The number of hydrogen-bond donors (Lipinski definition) is 1. The van der Waals surface area contributed by atoms with Crippen LogP contribution < -0.4 is 10.1 Å². The lowest BCUT2D eigenvalue weighted by molar-refractivity contribution is -0.129. The molecule has 6 heteroatoms. The minimum Gasteiger partial charge on any atom is -0.496 e. The fourth-order valence-electron chi connectivity index (χ4n) is 3.25. The lowest BCUT2D eigenvalue weighted by Crippen LogP contribution is -2.35. The van der Waals surface area contributed by atoms with Crippen LogP contribution in [0.1, 0.15) is 45.9 Å². The van der Waals surface area contributed by atoms with Crippen molar-refractivity contribution in [2.45, 2.75) is 45.8 Å². The Kier molecular flexibility index (Phi) is 6.16. The number of thiophene rings is 1. The molecule has 2 aromatic rings. The van der Waals surface area contributed by atoms with Crippen LogP contribution in [-0.2, 0) is 28.9 Å². The van der Waals surface area contributed by atoms with Gasteiger partial charge in [0.1, 0.15) is 10.6 Å². The molecule has 0 fully saturated rings. The first-order valence-corrected chi connectivity index (χ1v) is 10.0. The zero-order valence-electron chi connectivity index (χ0n) is 15.9. The van der Waals surface area contributed by atoms with E-state index in [0.29, 0.717) is 23.1 Å². The van der Waals surface area contributed by atoms with Crippen LogP contribution in [0, 0.1) is 5.92 Å². The maximum absolute atomic E-state index is 12.4. The summed E-state index contributed by atoms with van der Waals surface area (Å²) in [6.07, 6.45) is 2.33. The molecular formula is C21H25NO4S. The predicted octanol–water partition coefficient (Wildman–Crippen LogP) is 3.74. The molecule has 1 heterocycles. The van der Waals surface area contributed by atoms with Crippen molar-refractivity contribution >= 4 is 23.2 Å². The van der Waals surface area contributed by atoms with E-state index < -0.39 is 12.1 Å². The summed E-state index contributed by atoms with van der Waals surface area (Å²) < 4.78 is 10.6. The summed E-state index contributed by atoms with van der Waals surface area (Å²) >= 11 is 1.49. The molecule has 0 spiro atoms. The number of amides is 1. The minimum atomic E-state index is -0.856. The summed E-state index contributed by atoms with van der Waals surface area (Å²) in [6.45, 7) is 4.13. The average molecular weight is 388 g/mol. The summed E-state index contributed by atoms with van der Waals surface area (Å²) in [5.74, 6) is 0.600. The summed E-state index contributed by atoms with van der Waals surface area (Å²) in [4.78, 5) is 26.6. The Balaban J connectivity index is 1.55. The standard InChI is InChI=1S/C21H25NO4S/c1-13-8-9-18-16(10-13)11-19(27-18)21(24)26-14(2)20(23)22-12-15-6-4-5-7-17(15)25-3/h4-7,11,13-14H,8-10,12H2,1-3H3,(H,22,23)/t13-,14-/m0/s1. The van der Waals surface area contributed by atoms with Crippen LogP contribution in [0.25, 0.3) is 0 Å². The second kappa shape index (κ2) is 8.57. The van der Waals surface area contributed by atoms with E-state index >= 15 is 0 Å². The molecule has 3 rings (SSSR count). The highest BCUT2D eigenvalue weighted by Crippen LogP contribution is 2.32. The van der Waals surface area contributed by atoms with Gasteiger partial charge in [0, 0.05) is 17.0 Å². The van der Waals surface area contributed by atoms with Crippen molar-refractivity contribution in [1.29, 1.82) is 0 Å². The first kappa shape index (κ1) is 19.4. The van der Waals surface area contributed by atoms with Gasteiger partial charge in [0.15, 0.2) is 6.10 Å². The molecule has 1 amide bonds. The Morgan fingerprint density at radius 3 is 2.89 bits per heavy atom. The van der Waals surface area contributed by atoms with E-state index in [2.05, 4.69) is 12.2 Å². The molecule has 5 nitrogen and oxygen atoms in total. The molecule has 0 radical (unpaired) electrons. The van der Waals surface area contributed by atoms with Gasteiger partial charge in [-0.2, -0.15) is 0 Å². The van der Waals surface area contributed by atoms with E-state index in [1.807, 2.05) is 30.3 Å². The van der Waals surface area contributed by atoms with Gasteiger partial charge in [-0.3, -0.25) is 4.79 Å². The van der Waals surface area contributed by atoms with Crippen LogP contribution in [0.5, 0.6) is 5.75 Å². The van der Waals surface area contributed by atoms with Crippen molar-refractivity contribution < 1.29 is 19.1 Å². The number of ether oxygens (including phenoxy) is 2. The van der Waals surface area contributed by atoms with E-state index in [4.69, 9.17) is 9.47 Å². The number of nitrogens with one attached hydrogen (secondary N) is 1. The lowest BCUT2D eigenvalue weighted by atomic mass is 9.90. The van der Waals surface area contributed by atoms with Crippen LogP contribution >= 0.6 is 11.3 Å². The maximum atomic E-state index is 12.4. The first-order valence-electron chi connectivity index (χ1n) is 9.20. The van der Waals surface area contributed by atoms with E-state index in [1.54, 1.807) is 14.0 Å². The molecule has 1 aromatic carbocycles. The normalized spacial score (nSPS) is 16.9. The molecule has 144 valence electrons. The number of aryl methyl sites for hydroxylation is 1. The number of fused-ring (bicyclic) bond motifs is 1. The third kappa shape index (κ3) is 4.69. The Labute approximate surface area is 163 Å². The Morgan fingerprint density at radius 1 is 1.33 bits per heavy atom. The van der Waals surface area contributed by atoms with Gasteiger partial charge >= 0.3 is 5.97 Å². The van der Waals surface area contributed by atoms with E-state index in [0.717, 1.165) is 24.8 Å². The first-order chi connectivity index (χ1) is 13.0. The molecule has 0 saturated heterocycles. The Bertz CT molecular complexity index is 829. The number of benzene rings is 1. The van der Waals surface area contributed by atoms with Gasteiger partial charge in [-0.05, 0) is 49.8 Å². The van der Waals surface area contributed by atoms with Crippen molar-refractivity contribution in [3.8, 4) is 5.75 Å². The van der Waals surface area contributed by atoms with Crippen LogP contribution in [0.2, 0.25) is 0 Å². The molecule has 0 aliphatic heterocycles. The van der Waals surface area contributed by atoms with Crippen molar-refractivity contribution in [3.05, 3.63) is 51.2 Å². The third-order valence-corrected chi connectivity index (χ3v) is 6.05. The number of hydrogen-bond acceptors (Lipinski definition) is 5. The number of esters is 1. The zero-order chi connectivity index (χ0) is 19.4. The van der Waals surface area contributed by atoms with Crippen molar-refractivity contribution in [2.75, 3.05) is 7.11 Å². The summed E-state index contributed by atoms with van der Waals surface area (Å²) in [7, 11) is 1.59. The van der Waals surface area contributed by atoms with Crippen molar-refractivity contribution in [3.63, 3.8) is 0 Å². The third-order valence-electron chi connectivity index (χ3n) is 4.83. The second-order valence-electron chi connectivity index (χ2n) is 6.98. The monoisotopic (exact) mass is 387 g/mol. The van der Waals surface area contributed by atoms with Gasteiger partial charge < -0.3 is 14.8 Å². The van der Waals surface area contributed by atoms with Gasteiger partial charge in [-0.15, -0.1) is 11.3 Å². The molecule has 2 atom stereocenters. The van der Waals surface area contributed by atoms with Crippen LogP contribution in [-0.4, -0.2) is 25.1 Å². The Morgan fingerprint density at radius 2 is 2.11 bits per heavy atom. The van der Waals surface area contributed by atoms with Crippen molar-refractivity contribution in [2.24, 2.45) is 5.92 Å². The number of carbonyl (C=O) groups is 2. The predicted molar refractivity (Wildman–Crippen MR) is 105 cm³/mol. The largest absolute Gasteiger partial charge is 0.496 e. The molecule has 1 aliphatic rings. The fourth-order valence-corrected chi connectivity index (χ4v) is 4.34. The topological polar surface area (TPSA) is 64.6 Å². The molecule has 1 N–H and O–H groups in total. The number of rotatable bonds is 6. The van der Waals surface area contributed by atoms with Gasteiger partial charge in [-0.1, -0.05) is 25.1 Å². The SMILES string of the molecule is COc1ccccc1CNC(=O)[C@H](C)OC(=O)c1cc2c(s1)CC[C@H](C)C2. The van der Waals surface area contributed by atoms with Crippen LogP contribution in [0.15, 0.2) is 30.3 Å². The molecule has 1 aliphatic carbocycles. The summed E-state index contributed by atoms with van der Waals surface area (Å²) in [5.41, 5.74) is 2.12. The van der Waals surface area contributed by atoms with Gasteiger partial charge in [0.2, 0.25) is 0 Å². The molecule has 0 unspecified atom stereocenters. The van der Waals surface area contributed by atoms with Crippen LogP contribution in [0.3, 0.4) is 0 Å². The summed E-state index contributed by atoms with van der Waals surface area (Å²) in [6, 6.07) is 9.40. The summed E-state index contributed by atoms with van der Waals surface area (Å²) in [5, 5.41) is 2.79. The average Bonchev–Trinajstić information content (AvgIpc) is 3.09. The molecule has 0 saturated carbocycles. The minimum absolute atomic E-state index is 0.315. The lowest BCUT2D eigenvalue weighted by Gasteiger charge is -2.16. The Hall–Kier alpha value is -2.34.